The lowest BCUT2D eigenvalue weighted by Gasteiger charge is -2.36. The largest absolute Gasteiger partial charge is 0.392 e. The van der Waals surface area contributed by atoms with Crippen LogP contribution in [-0.4, -0.2) is 44.2 Å². The Hall–Kier alpha value is -3.65. The zero-order chi connectivity index (χ0) is 33.7. The van der Waals surface area contributed by atoms with Crippen molar-refractivity contribution in [2.45, 2.75) is 87.9 Å². The quantitative estimate of drug-likeness (QED) is 0.0432. The van der Waals surface area contributed by atoms with Gasteiger partial charge in [-0.2, -0.15) is 0 Å². The second-order valence-corrected chi connectivity index (χ2v) is 14.2. The number of hydroxylamine groups is 1. The molecule has 0 saturated carbocycles. The lowest BCUT2D eigenvalue weighted by Crippen LogP contribution is -2.31. The molecule has 10 nitrogen and oxygen atoms in total. The van der Waals surface area contributed by atoms with E-state index in [1.54, 1.807) is 28.6 Å². The minimum Gasteiger partial charge on any atom is -0.392 e. The summed E-state index contributed by atoms with van der Waals surface area (Å²) < 4.78 is 13.9. The molecular formula is C36H42N4O6S2. The standard InChI is InChI=1S/C36H42N4O6S2/c1-24-38-39-36(48-24)47-23-30-20-32(27-14-12-25(22-41)13-15-27)46-35(45-30)28-18-16-26(17-19-28)31-9-7-6-8-29(31)21-37-33(42)10-4-2-3-5-11-34(43)40-44/h6-9,12-19,30,32,35,41,44H,2-5,10-11,20-23H2,1H3,(H,37,42)(H,40,43). The van der Waals surface area contributed by atoms with Crippen molar-refractivity contribution in [2.24, 2.45) is 0 Å². The third kappa shape index (κ3) is 10.4. The highest BCUT2D eigenvalue weighted by molar-refractivity contribution is 8.01. The number of hydrogen-bond acceptors (Lipinski definition) is 10. The third-order valence-electron chi connectivity index (χ3n) is 8.18. The Morgan fingerprint density at radius 3 is 2.29 bits per heavy atom. The van der Waals surface area contributed by atoms with Crippen LogP contribution < -0.4 is 10.8 Å². The lowest BCUT2D eigenvalue weighted by molar-refractivity contribution is -0.245. The van der Waals surface area contributed by atoms with Crippen LogP contribution in [0.2, 0.25) is 0 Å². The maximum Gasteiger partial charge on any atom is 0.243 e. The Kier molecular flexibility index (Phi) is 13.5. The number of benzene rings is 3. The topological polar surface area (TPSA) is 143 Å². The molecule has 5 rings (SSSR count). The summed E-state index contributed by atoms with van der Waals surface area (Å²) in [5.74, 6) is 0.334. The highest BCUT2D eigenvalue weighted by Crippen LogP contribution is 2.40. The Bertz CT molecular complexity index is 1620. The van der Waals surface area contributed by atoms with Crippen LogP contribution in [0.1, 0.15) is 84.6 Å². The van der Waals surface area contributed by atoms with E-state index in [0.29, 0.717) is 25.8 Å². The van der Waals surface area contributed by atoms with Gasteiger partial charge in [0.05, 0.1) is 18.8 Å². The molecule has 0 bridgehead atoms. The predicted octanol–water partition coefficient (Wildman–Crippen LogP) is 6.81. The summed E-state index contributed by atoms with van der Waals surface area (Å²) in [6, 6.07) is 24.1. The first-order chi connectivity index (χ1) is 23.4. The van der Waals surface area contributed by atoms with Gasteiger partial charge in [-0.3, -0.25) is 14.8 Å². The lowest BCUT2D eigenvalue weighted by atomic mass is 9.97. The van der Waals surface area contributed by atoms with Crippen LogP contribution in [0.15, 0.2) is 77.1 Å². The average Bonchev–Trinajstić information content (AvgIpc) is 3.56. The van der Waals surface area contributed by atoms with Crippen molar-refractivity contribution >= 4 is 34.9 Å². The van der Waals surface area contributed by atoms with E-state index in [0.717, 1.165) is 67.7 Å². The van der Waals surface area contributed by atoms with Gasteiger partial charge in [0.2, 0.25) is 11.8 Å². The Balaban J connectivity index is 1.21. The number of aliphatic hydroxyl groups excluding tert-OH is 1. The van der Waals surface area contributed by atoms with Gasteiger partial charge in [0.15, 0.2) is 10.6 Å². The van der Waals surface area contributed by atoms with Crippen molar-refractivity contribution in [1.82, 2.24) is 21.0 Å². The zero-order valence-electron chi connectivity index (χ0n) is 27.0. The molecule has 4 aromatic rings. The molecule has 48 heavy (non-hydrogen) atoms. The number of aromatic nitrogens is 2. The van der Waals surface area contributed by atoms with E-state index in [1.807, 2.05) is 61.5 Å². The van der Waals surface area contributed by atoms with Crippen molar-refractivity contribution < 1.29 is 29.4 Å². The van der Waals surface area contributed by atoms with E-state index in [2.05, 4.69) is 33.7 Å². The van der Waals surface area contributed by atoms with E-state index in [-0.39, 0.29) is 37.0 Å². The van der Waals surface area contributed by atoms with Gasteiger partial charge in [0, 0.05) is 37.1 Å². The first-order valence-electron chi connectivity index (χ1n) is 16.2. The molecule has 0 aliphatic carbocycles. The molecule has 4 N–H and O–H groups in total. The smallest absolute Gasteiger partial charge is 0.243 e. The summed E-state index contributed by atoms with van der Waals surface area (Å²) in [6.07, 6.45) is 3.72. The summed E-state index contributed by atoms with van der Waals surface area (Å²) in [5.41, 5.74) is 7.55. The number of thioether (sulfide) groups is 1. The van der Waals surface area contributed by atoms with Gasteiger partial charge < -0.3 is 19.9 Å². The summed E-state index contributed by atoms with van der Waals surface area (Å²) in [4.78, 5) is 23.6. The van der Waals surface area contributed by atoms with E-state index in [1.165, 1.54) is 0 Å². The average molecular weight is 691 g/mol. The molecule has 2 heterocycles. The Morgan fingerprint density at radius 1 is 0.896 bits per heavy atom. The Morgan fingerprint density at radius 2 is 1.60 bits per heavy atom. The molecule has 1 aliphatic heterocycles. The monoisotopic (exact) mass is 690 g/mol. The van der Waals surface area contributed by atoms with E-state index < -0.39 is 6.29 Å². The number of aliphatic hydroxyl groups is 1. The van der Waals surface area contributed by atoms with Gasteiger partial charge in [0.1, 0.15) is 5.01 Å². The minimum absolute atomic E-state index is 0.00354. The zero-order valence-corrected chi connectivity index (χ0v) is 28.6. The summed E-state index contributed by atoms with van der Waals surface area (Å²) >= 11 is 3.22. The van der Waals surface area contributed by atoms with Crippen molar-refractivity contribution in [1.29, 1.82) is 0 Å². The number of ether oxygens (including phenoxy) is 2. The number of nitrogens with one attached hydrogen (secondary N) is 2. The van der Waals surface area contributed by atoms with Crippen LogP contribution in [0.4, 0.5) is 0 Å². The second-order valence-electron chi connectivity index (χ2n) is 11.8. The SMILES string of the molecule is Cc1nnc(SCC2CC(c3ccc(CO)cc3)OC(c3ccc(-c4ccccc4CNC(=O)CCCCCCC(=O)NO)cc3)O2)s1. The first kappa shape index (κ1) is 35.7. The molecule has 0 spiro atoms. The summed E-state index contributed by atoms with van der Waals surface area (Å²) in [5, 5.41) is 30.4. The molecule has 0 radical (unpaired) electrons. The van der Waals surface area contributed by atoms with Crippen molar-refractivity contribution in [3.8, 4) is 11.1 Å². The molecular weight excluding hydrogens is 649 g/mol. The van der Waals surface area contributed by atoms with Gasteiger partial charge in [-0.1, -0.05) is 109 Å². The molecule has 1 fully saturated rings. The number of carbonyl (C=O) groups excluding carboxylic acids is 2. The number of hydrogen-bond donors (Lipinski definition) is 4. The molecule has 3 atom stereocenters. The van der Waals surface area contributed by atoms with Crippen molar-refractivity contribution in [2.75, 3.05) is 5.75 Å². The maximum atomic E-state index is 12.5. The summed E-state index contributed by atoms with van der Waals surface area (Å²) in [6.45, 7) is 2.37. The van der Waals surface area contributed by atoms with Crippen molar-refractivity contribution in [3.63, 3.8) is 0 Å². The molecule has 254 valence electrons. The maximum absolute atomic E-state index is 12.5. The molecule has 1 aliphatic rings. The molecule has 1 aromatic heterocycles. The molecule has 1 saturated heterocycles. The second kappa shape index (κ2) is 18.2. The van der Waals surface area contributed by atoms with Gasteiger partial charge in [-0.25, -0.2) is 5.48 Å². The number of amides is 2. The number of aryl methyl sites for hydroxylation is 1. The van der Waals surface area contributed by atoms with Gasteiger partial charge in [0.25, 0.3) is 0 Å². The highest BCUT2D eigenvalue weighted by atomic mass is 32.2. The normalized spacial score (nSPS) is 17.6. The van der Waals surface area contributed by atoms with E-state index in [4.69, 9.17) is 14.7 Å². The third-order valence-corrected chi connectivity index (χ3v) is 10.3. The van der Waals surface area contributed by atoms with Gasteiger partial charge in [-0.05, 0) is 47.6 Å². The molecule has 2 amide bonds. The van der Waals surface area contributed by atoms with Crippen LogP contribution in [0.25, 0.3) is 11.1 Å². The summed E-state index contributed by atoms with van der Waals surface area (Å²) in [7, 11) is 0. The van der Waals surface area contributed by atoms with Crippen LogP contribution in [-0.2, 0) is 32.2 Å². The number of carbonyl (C=O) groups is 2. The highest BCUT2D eigenvalue weighted by Gasteiger charge is 2.32. The predicted molar refractivity (Wildman–Crippen MR) is 185 cm³/mol. The van der Waals surface area contributed by atoms with Gasteiger partial charge >= 0.3 is 0 Å². The molecule has 12 heteroatoms. The first-order valence-corrected chi connectivity index (χ1v) is 18.0. The molecule has 3 aromatic carbocycles. The fourth-order valence-electron chi connectivity index (χ4n) is 5.56. The van der Waals surface area contributed by atoms with Crippen molar-refractivity contribution in [3.05, 3.63) is 100 Å². The Labute approximate surface area is 289 Å². The van der Waals surface area contributed by atoms with Crippen LogP contribution in [0.5, 0.6) is 0 Å². The fraction of sp³-hybridized carbons (Fsp3) is 0.389. The van der Waals surface area contributed by atoms with E-state index >= 15 is 0 Å². The number of rotatable bonds is 16. The number of nitrogens with zero attached hydrogens (tertiary/aromatic N) is 2. The minimum atomic E-state index is -0.557. The van der Waals surface area contributed by atoms with Crippen LogP contribution in [0, 0.1) is 6.92 Å². The van der Waals surface area contributed by atoms with E-state index in [9.17, 15) is 14.7 Å². The van der Waals surface area contributed by atoms with Gasteiger partial charge in [-0.15, -0.1) is 10.2 Å². The fourth-order valence-corrected chi connectivity index (χ4v) is 7.42. The van der Waals surface area contributed by atoms with Crippen LogP contribution >= 0.6 is 23.1 Å². The number of unbranched alkanes of at least 4 members (excludes halogenated alkanes) is 3. The molecule has 3 unspecified atom stereocenters. The van der Waals surface area contributed by atoms with Crippen LogP contribution in [0.3, 0.4) is 0 Å².